The number of hydrogen-bond acceptors (Lipinski definition) is 5. The van der Waals surface area contributed by atoms with Gasteiger partial charge in [-0.1, -0.05) is 28.9 Å². The first-order chi connectivity index (χ1) is 14.6. The van der Waals surface area contributed by atoms with E-state index in [4.69, 9.17) is 16.1 Å². The molecular formula is C22H22ClFN4O2. The van der Waals surface area contributed by atoms with Crippen molar-refractivity contribution in [1.29, 1.82) is 0 Å². The molecule has 1 aliphatic heterocycles. The lowest BCUT2D eigenvalue weighted by atomic mass is 10.2. The molecule has 0 atom stereocenters. The van der Waals surface area contributed by atoms with Crippen molar-refractivity contribution < 1.29 is 13.7 Å². The average Bonchev–Trinajstić information content (AvgIpc) is 3.22. The molecule has 1 amide bonds. The number of benzene rings is 2. The molecule has 0 aliphatic carbocycles. The van der Waals surface area contributed by atoms with Crippen LogP contribution in [0.4, 0.5) is 4.39 Å². The molecule has 2 aromatic carbocycles. The number of nitrogens with zero attached hydrogens (tertiary/aromatic N) is 4. The number of carbonyl (C=O) groups excluding carboxylic acids is 1. The van der Waals surface area contributed by atoms with E-state index in [0.29, 0.717) is 43.2 Å². The van der Waals surface area contributed by atoms with Crippen molar-refractivity contribution in [2.45, 2.75) is 19.4 Å². The Morgan fingerprint density at radius 3 is 2.60 bits per heavy atom. The molecule has 0 bridgehead atoms. The van der Waals surface area contributed by atoms with Gasteiger partial charge in [0.1, 0.15) is 5.82 Å². The maximum Gasteiger partial charge on any atom is 0.227 e. The number of hydrogen-bond donors (Lipinski definition) is 0. The molecule has 0 N–H and O–H groups in total. The highest BCUT2D eigenvalue weighted by Crippen LogP contribution is 2.17. The molecule has 30 heavy (non-hydrogen) atoms. The molecule has 0 saturated carbocycles. The van der Waals surface area contributed by atoms with Crippen LogP contribution in [0.2, 0.25) is 5.02 Å². The lowest BCUT2D eigenvalue weighted by Gasteiger charge is -2.34. The van der Waals surface area contributed by atoms with Gasteiger partial charge in [-0.3, -0.25) is 9.69 Å². The fourth-order valence-electron chi connectivity index (χ4n) is 3.49. The summed E-state index contributed by atoms with van der Waals surface area (Å²) < 4.78 is 18.3. The Morgan fingerprint density at radius 2 is 1.87 bits per heavy atom. The van der Waals surface area contributed by atoms with E-state index in [-0.39, 0.29) is 11.7 Å². The summed E-state index contributed by atoms with van der Waals surface area (Å²) in [5, 5.41) is 4.65. The van der Waals surface area contributed by atoms with E-state index in [1.165, 1.54) is 17.7 Å². The first kappa shape index (κ1) is 20.5. The summed E-state index contributed by atoms with van der Waals surface area (Å²) >= 11 is 6.05. The SMILES string of the molecule is O=C(CCc1nc(-c2ccc(F)cc2)no1)N1CCN(Cc2cccc(Cl)c2)CC1. The minimum Gasteiger partial charge on any atom is -0.340 e. The molecule has 6 nitrogen and oxygen atoms in total. The van der Waals surface area contributed by atoms with E-state index in [1.54, 1.807) is 12.1 Å². The Labute approximate surface area is 179 Å². The molecule has 4 rings (SSSR count). The van der Waals surface area contributed by atoms with Crippen molar-refractivity contribution in [3.63, 3.8) is 0 Å². The maximum absolute atomic E-state index is 13.0. The number of aryl methyl sites for hydroxylation is 1. The summed E-state index contributed by atoms with van der Waals surface area (Å²) in [6, 6.07) is 13.7. The van der Waals surface area contributed by atoms with Crippen LogP contribution in [0.5, 0.6) is 0 Å². The van der Waals surface area contributed by atoms with Crippen molar-refractivity contribution in [2.24, 2.45) is 0 Å². The van der Waals surface area contributed by atoms with Gasteiger partial charge in [0.25, 0.3) is 0 Å². The second kappa shape index (κ2) is 9.36. The molecule has 1 saturated heterocycles. The van der Waals surface area contributed by atoms with Crippen LogP contribution in [0.25, 0.3) is 11.4 Å². The van der Waals surface area contributed by atoms with Gasteiger partial charge in [-0.2, -0.15) is 4.98 Å². The predicted molar refractivity (Wildman–Crippen MR) is 111 cm³/mol. The predicted octanol–water partition coefficient (Wildman–Crippen LogP) is 3.81. The van der Waals surface area contributed by atoms with Crippen LogP contribution in [0, 0.1) is 5.82 Å². The Hall–Kier alpha value is -2.77. The number of halogens is 2. The lowest BCUT2D eigenvalue weighted by Crippen LogP contribution is -2.48. The van der Waals surface area contributed by atoms with Gasteiger partial charge in [-0.15, -0.1) is 0 Å². The van der Waals surface area contributed by atoms with Crippen LogP contribution in [-0.4, -0.2) is 52.0 Å². The van der Waals surface area contributed by atoms with Gasteiger partial charge in [0, 0.05) is 56.2 Å². The minimum absolute atomic E-state index is 0.0823. The maximum atomic E-state index is 13.0. The Morgan fingerprint density at radius 1 is 1.10 bits per heavy atom. The highest BCUT2D eigenvalue weighted by molar-refractivity contribution is 6.30. The average molecular weight is 429 g/mol. The first-order valence-corrected chi connectivity index (χ1v) is 10.3. The van der Waals surface area contributed by atoms with E-state index in [1.807, 2.05) is 23.1 Å². The molecule has 8 heteroatoms. The third kappa shape index (κ3) is 5.23. The standard InChI is InChI=1S/C22H22ClFN4O2/c23-18-3-1-2-16(14-18)15-27-10-12-28(13-11-27)21(29)9-8-20-25-22(26-30-20)17-4-6-19(24)7-5-17/h1-7,14H,8-13,15H2. The second-order valence-corrected chi connectivity index (χ2v) is 7.74. The number of rotatable bonds is 6. The fourth-order valence-corrected chi connectivity index (χ4v) is 3.71. The molecule has 0 spiro atoms. The number of amides is 1. The van der Waals surface area contributed by atoms with E-state index < -0.39 is 0 Å². The van der Waals surface area contributed by atoms with Gasteiger partial charge in [0.2, 0.25) is 17.6 Å². The van der Waals surface area contributed by atoms with E-state index >= 15 is 0 Å². The smallest absolute Gasteiger partial charge is 0.227 e. The van der Waals surface area contributed by atoms with Crippen molar-refractivity contribution >= 4 is 17.5 Å². The molecule has 0 unspecified atom stereocenters. The first-order valence-electron chi connectivity index (χ1n) is 9.90. The summed E-state index contributed by atoms with van der Waals surface area (Å²) in [7, 11) is 0. The van der Waals surface area contributed by atoms with E-state index in [2.05, 4.69) is 21.1 Å². The second-order valence-electron chi connectivity index (χ2n) is 7.31. The monoisotopic (exact) mass is 428 g/mol. The minimum atomic E-state index is -0.319. The van der Waals surface area contributed by atoms with Crippen LogP contribution in [-0.2, 0) is 17.8 Å². The summed E-state index contributed by atoms with van der Waals surface area (Å²) in [6.45, 7) is 3.88. The van der Waals surface area contributed by atoms with Crippen molar-refractivity contribution in [3.05, 3.63) is 70.8 Å². The summed E-state index contributed by atoms with van der Waals surface area (Å²) in [6.07, 6.45) is 0.703. The molecule has 1 fully saturated rings. The number of carbonyl (C=O) groups is 1. The lowest BCUT2D eigenvalue weighted by molar-refractivity contribution is -0.133. The van der Waals surface area contributed by atoms with Crippen LogP contribution in [0.1, 0.15) is 17.9 Å². The van der Waals surface area contributed by atoms with Crippen LogP contribution in [0.3, 0.4) is 0 Å². The number of piperazine rings is 1. The van der Waals surface area contributed by atoms with Gasteiger partial charge in [0.05, 0.1) is 0 Å². The molecule has 1 aliphatic rings. The van der Waals surface area contributed by atoms with Crippen LogP contribution < -0.4 is 0 Å². The normalized spacial score (nSPS) is 14.8. The highest BCUT2D eigenvalue weighted by Gasteiger charge is 2.21. The van der Waals surface area contributed by atoms with Gasteiger partial charge in [-0.25, -0.2) is 4.39 Å². The van der Waals surface area contributed by atoms with Gasteiger partial charge >= 0.3 is 0 Å². The molecular weight excluding hydrogens is 407 g/mol. The molecule has 3 aromatic rings. The van der Waals surface area contributed by atoms with Crippen molar-refractivity contribution in [3.8, 4) is 11.4 Å². The van der Waals surface area contributed by atoms with E-state index in [9.17, 15) is 9.18 Å². The quantitative estimate of drug-likeness (QED) is 0.597. The molecule has 0 radical (unpaired) electrons. The number of aromatic nitrogens is 2. The Bertz CT molecular complexity index is 1000. The van der Waals surface area contributed by atoms with Crippen LogP contribution >= 0.6 is 11.6 Å². The third-order valence-corrected chi connectivity index (χ3v) is 5.38. The zero-order chi connectivity index (χ0) is 20.9. The zero-order valence-corrected chi connectivity index (χ0v) is 17.2. The molecule has 2 heterocycles. The Balaban J connectivity index is 1.24. The van der Waals surface area contributed by atoms with Crippen LogP contribution in [0.15, 0.2) is 53.1 Å². The summed E-state index contributed by atoms with van der Waals surface area (Å²) in [5.41, 5.74) is 1.85. The van der Waals surface area contributed by atoms with Crippen molar-refractivity contribution in [2.75, 3.05) is 26.2 Å². The van der Waals surface area contributed by atoms with Gasteiger partial charge in [0.15, 0.2) is 0 Å². The van der Waals surface area contributed by atoms with E-state index in [0.717, 1.165) is 24.7 Å². The largest absolute Gasteiger partial charge is 0.340 e. The van der Waals surface area contributed by atoms with Gasteiger partial charge in [-0.05, 0) is 42.0 Å². The third-order valence-electron chi connectivity index (χ3n) is 5.14. The zero-order valence-electron chi connectivity index (χ0n) is 16.4. The summed E-state index contributed by atoms with van der Waals surface area (Å²) in [4.78, 5) is 21.1. The highest BCUT2D eigenvalue weighted by atomic mass is 35.5. The molecule has 156 valence electrons. The molecule has 1 aromatic heterocycles. The fraction of sp³-hybridized carbons (Fsp3) is 0.318. The Kier molecular flexibility index (Phi) is 6.40. The summed E-state index contributed by atoms with van der Waals surface area (Å²) in [5.74, 6) is 0.564. The van der Waals surface area contributed by atoms with Crippen molar-refractivity contribution in [1.82, 2.24) is 19.9 Å². The topological polar surface area (TPSA) is 62.5 Å². The van der Waals surface area contributed by atoms with Gasteiger partial charge < -0.3 is 9.42 Å².